The zero-order valence-electron chi connectivity index (χ0n) is 22.1. The number of fused-ring (bicyclic) bond motifs is 1. The number of hydrogen-bond donors (Lipinski definition) is 1. The molecule has 2 saturated heterocycles. The van der Waals surface area contributed by atoms with E-state index in [1.165, 1.54) is 0 Å². The highest BCUT2D eigenvalue weighted by molar-refractivity contribution is 5.86. The van der Waals surface area contributed by atoms with Crippen LogP contribution < -0.4 is 10.2 Å². The molecular weight excluding hydrogens is 478 g/mol. The fourth-order valence-corrected chi connectivity index (χ4v) is 6.25. The van der Waals surface area contributed by atoms with Crippen LogP contribution in [0.1, 0.15) is 44.1 Å². The molecule has 3 amide bonds. The molecule has 0 spiro atoms. The smallest absolute Gasteiger partial charge is 0.227 e. The minimum absolute atomic E-state index is 0.00955. The third-order valence-electron chi connectivity index (χ3n) is 8.32. The third kappa shape index (κ3) is 6.17. The molecule has 38 heavy (non-hydrogen) atoms. The van der Waals surface area contributed by atoms with Gasteiger partial charge in [-0.1, -0.05) is 49.2 Å². The summed E-state index contributed by atoms with van der Waals surface area (Å²) in [7, 11) is 0. The van der Waals surface area contributed by atoms with Crippen LogP contribution in [0.15, 0.2) is 54.7 Å². The van der Waals surface area contributed by atoms with E-state index in [0.717, 1.165) is 50.2 Å². The summed E-state index contributed by atoms with van der Waals surface area (Å²) in [4.78, 5) is 51.1. The van der Waals surface area contributed by atoms with E-state index in [1.807, 2.05) is 58.3 Å². The number of amides is 3. The number of nitrogens with zero attached hydrogens (tertiary/aromatic N) is 4. The van der Waals surface area contributed by atoms with Gasteiger partial charge in [0.1, 0.15) is 5.82 Å². The molecule has 3 unspecified atom stereocenters. The van der Waals surface area contributed by atoms with Crippen molar-refractivity contribution in [1.29, 1.82) is 0 Å². The van der Waals surface area contributed by atoms with Crippen LogP contribution in [0.3, 0.4) is 0 Å². The predicted molar refractivity (Wildman–Crippen MR) is 146 cm³/mol. The summed E-state index contributed by atoms with van der Waals surface area (Å²) in [5.74, 6) is 0.503. The minimum atomic E-state index is -0.350. The van der Waals surface area contributed by atoms with Gasteiger partial charge in [-0.25, -0.2) is 4.98 Å². The average Bonchev–Trinajstić information content (AvgIpc) is 3.39. The molecule has 1 N–H and O–H groups in total. The SMILES string of the molecule is O=C1NCCCCCCN(C(=O)Cc2ccccc2)C2CC(C(=O)N3CCN(c4ccccn4)CC3)CC12. The molecule has 202 valence electrons. The molecule has 3 atom stereocenters. The molecule has 2 aliphatic heterocycles. The van der Waals surface area contributed by atoms with E-state index in [9.17, 15) is 14.4 Å². The minimum Gasteiger partial charge on any atom is -0.356 e. The maximum absolute atomic E-state index is 13.7. The summed E-state index contributed by atoms with van der Waals surface area (Å²) in [5, 5.41) is 3.11. The van der Waals surface area contributed by atoms with E-state index in [-0.39, 0.29) is 35.6 Å². The van der Waals surface area contributed by atoms with Crippen LogP contribution in [0.5, 0.6) is 0 Å². The van der Waals surface area contributed by atoms with Gasteiger partial charge in [0.25, 0.3) is 0 Å². The standard InChI is InChI=1S/C30H39N5O3/c36-28(20-23-10-4-3-5-11-23)35-15-9-2-1-7-14-32-29(37)25-21-24(22-26(25)35)30(38)34-18-16-33(17-19-34)27-12-6-8-13-31-27/h3-6,8,10-13,24-26H,1-2,7,9,14-22H2,(H,32,37). The second-order valence-corrected chi connectivity index (χ2v) is 10.8. The van der Waals surface area contributed by atoms with Gasteiger partial charge in [0, 0.05) is 57.4 Å². The number of anilines is 1. The molecule has 0 bridgehead atoms. The highest BCUT2D eigenvalue weighted by Gasteiger charge is 2.46. The molecule has 3 aliphatic rings. The number of carbonyl (C=O) groups is 3. The first-order valence-corrected chi connectivity index (χ1v) is 14.2. The van der Waals surface area contributed by atoms with Gasteiger partial charge in [-0.15, -0.1) is 0 Å². The topological polar surface area (TPSA) is 85.8 Å². The summed E-state index contributed by atoms with van der Waals surface area (Å²) in [6.45, 7) is 4.07. The Kier molecular flexibility index (Phi) is 8.56. The van der Waals surface area contributed by atoms with Crippen molar-refractivity contribution in [3.8, 4) is 0 Å². The molecule has 1 saturated carbocycles. The highest BCUT2D eigenvalue weighted by Crippen LogP contribution is 2.37. The van der Waals surface area contributed by atoms with E-state index in [4.69, 9.17) is 0 Å². The number of aromatic nitrogens is 1. The first-order valence-electron chi connectivity index (χ1n) is 14.2. The monoisotopic (exact) mass is 517 g/mol. The van der Waals surface area contributed by atoms with E-state index in [0.29, 0.717) is 45.4 Å². The van der Waals surface area contributed by atoms with Crippen molar-refractivity contribution in [3.63, 3.8) is 0 Å². The number of piperazine rings is 1. The molecule has 8 heteroatoms. The zero-order valence-corrected chi connectivity index (χ0v) is 22.1. The van der Waals surface area contributed by atoms with Crippen molar-refractivity contribution in [3.05, 3.63) is 60.3 Å². The van der Waals surface area contributed by atoms with Crippen LogP contribution in [0.4, 0.5) is 5.82 Å². The number of pyridine rings is 1. The van der Waals surface area contributed by atoms with Crippen LogP contribution in [0.25, 0.3) is 0 Å². The number of benzene rings is 1. The van der Waals surface area contributed by atoms with Gasteiger partial charge in [-0.05, 0) is 43.4 Å². The zero-order chi connectivity index (χ0) is 26.3. The van der Waals surface area contributed by atoms with Crippen molar-refractivity contribution < 1.29 is 14.4 Å². The lowest BCUT2D eigenvalue weighted by molar-refractivity contribution is -0.137. The van der Waals surface area contributed by atoms with Crippen LogP contribution in [-0.2, 0) is 20.8 Å². The van der Waals surface area contributed by atoms with Gasteiger partial charge in [0.2, 0.25) is 17.7 Å². The molecule has 5 rings (SSSR count). The van der Waals surface area contributed by atoms with Crippen LogP contribution in [0, 0.1) is 11.8 Å². The molecule has 1 aliphatic carbocycles. The summed E-state index contributed by atoms with van der Waals surface area (Å²) in [6.07, 6.45) is 7.12. The van der Waals surface area contributed by atoms with E-state index in [1.54, 1.807) is 6.20 Å². The van der Waals surface area contributed by atoms with E-state index in [2.05, 4.69) is 15.2 Å². The van der Waals surface area contributed by atoms with Gasteiger partial charge in [0.05, 0.1) is 12.3 Å². The quantitative estimate of drug-likeness (QED) is 0.674. The lowest BCUT2D eigenvalue weighted by atomic mass is 9.99. The Morgan fingerprint density at radius 3 is 2.39 bits per heavy atom. The summed E-state index contributed by atoms with van der Waals surface area (Å²) in [6, 6.07) is 15.4. The van der Waals surface area contributed by atoms with E-state index < -0.39 is 0 Å². The number of nitrogens with one attached hydrogen (secondary N) is 1. The second-order valence-electron chi connectivity index (χ2n) is 10.8. The highest BCUT2D eigenvalue weighted by atomic mass is 16.2. The Labute approximate surface area is 225 Å². The predicted octanol–water partition coefficient (Wildman–Crippen LogP) is 2.89. The lowest BCUT2D eigenvalue weighted by Crippen LogP contribution is -2.50. The Hall–Kier alpha value is -3.42. The second kappa shape index (κ2) is 12.4. The first kappa shape index (κ1) is 26.2. The largest absolute Gasteiger partial charge is 0.356 e. The maximum Gasteiger partial charge on any atom is 0.227 e. The van der Waals surface area contributed by atoms with Crippen LogP contribution in [-0.4, -0.2) is 77.8 Å². The third-order valence-corrected chi connectivity index (χ3v) is 8.32. The van der Waals surface area contributed by atoms with Crippen LogP contribution >= 0.6 is 0 Å². The van der Waals surface area contributed by atoms with Crippen molar-refractivity contribution >= 4 is 23.5 Å². The van der Waals surface area contributed by atoms with Crippen molar-refractivity contribution in [2.75, 3.05) is 44.2 Å². The van der Waals surface area contributed by atoms with Crippen LogP contribution in [0.2, 0.25) is 0 Å². The van der Waals surface area contributed by atoms with Gasteiger partial charge in [-0.3, -0.25) is 14.4 Å². The Balaban J connectivity index is 1.29. The molecule has 2 aromatic rings. The summed E-state index contributed by atoms with van der Waals surface area (Å²) in [5.41, 5.74) is 0.976. The molecule has 0 radical (unpaired) electrons. The molecule has 3 fully saturated rings. The Morgan fingerprint density at radius 2 is 1.63 bits per heavy atom. The van der Waals surface area contributed by atoms with Crippen molar-refractivity contribution in [2.45, 2.75) is 51.0 Å². The number of rotatable bonds is 4. The molecule has 3 heterocycles. The molecular formula is C30H39N5O3. The normalized spacial score (nSPS) is 24.8. The Bertz CT molecular complexity index is 1090. The van der Waals surface area contributed by atoms with Crippen molar-refractivity contribution in [1.82, 2.24) is 20.1 Å². The van der Waals surface area contributed by atoms with Gasteiger partial charge in [-0.2, -0.15) is 0 Å². The average molecular weight is 518 g/mol. The van der Waals surface area contributed by atoms with Gasteiger partial charge in [0.15, 0.2) is 0 Å². The maximum atomic E-state index is 13.7. The van der Waals surface area contributed by atoms with Gasteiger partial charge >= 0.3 is 0 Å². The fraction of sp³-hybridized carbons (Fsp3) is 0.533. The summed E-state index contributed by atoms with van der Waals surface area (Å²) < 4.78 is 0. The first-order chi connectivity index (χ1) is 18.6. The lowest BCUT2D eigenvalue weighted by Gasteiger charge is -2.36. The van der Waals surface area contributed by atoms with Crippen molar-refractivity contribution in [2.24, 2.45) is 11.8 Å². The molecule has 1 aromatic heterocycles. The van der Waals surface area contributed by atoms with E-state index >= 15 is 0 Å². The summed E-state index contributed by atoms with van der Waals surface area (Å²) >= 11 is 0. The van der Waals surface area contributed by atoms with Gasteiger partial charge < -0.3 is 20.0 Å². The molecule has 1 aromatic carbocycles. The number of carbonyl (C=O) groups excluding carboxylic acids is 3. The molecule has 8 nitrogen and oxygen atoms in total. The Morgan fingerprint density at radius 1 is 0.868 bits per heavy atom. The fourth-order valence-electron chi connectivity index (χ4n) is 6.25. The number of hydrogen-bond acceptors (Lipinski definition) is 5.